The second-order valence-corrected chi connectivity index (χ2v) is 8.56. The zero-order valence-corrected chi connectivity index (χ0v) is 15.1. The quantitative estimate of drug-likeness (QED) is 0.924. The second-order valence-electron chi connectivity index (χ2n) is 7.15. The van der Waals surface area contributed by atoms with Gasteiger partial charge in [-0.1, -0.05) is 12.1 Å². The third-order valence-electron chi connectivity index (χ3n) is 3.91. The summed E-state index contributed by atoms with van der Waals surface area (Å²) in [6.45, 7) is 6.80. The highest BCUT2D eigenvalue weighted by atomic mass is 32.2. The molecule has 1 aliphatic heterocycles. The molecule has 2 aromatic rings. The van der Waals surface area contributed by atoms with Gasteiger partial charge in [0, 0.05) is 18.8 Å². The molecule has 0 spiro atoms. The molecule has 2 heterocycles. The molecule has 7 heteroatoms. The molecule has 130 valence electrons. The fraction of sp³-hybridized carbons (Fsp3) is 0.529. The zero-order valence-electron chi connectivity index (χ0n) is 14.2. The van der Waals surface area contributed by atoms with Crippen molar-refractivity contribution in [3.8, 4) is 0 Å². The number of nitrogens with zero attached hydrogens (tertiary/aromatic N) is 2. The van der Waals surface area contributed by atoms with Crippen molar-refractivity contribution < 1.29 is 13.7 Å². The molecule has 6 nitrogen and oxygen atoms in total. The van der Waals surface area contributed by atoms with Crippen LogP contribution in [0.5, 0.6) is 0 Å². The van der Waals surface area contributed by atoms with Crippen molar-refractivity contribution in [2.24, 2.45) is 5.92 Å². The van der Waals surface area contributed by atoms with Crippen LogP contribution in [0.25, 0.3) is 11.0 Å². The molecule has 3 rings (SSSR count). The van der Waals surface area contributed by atoms with Gasteiger partial charge in [-0.05, 0) is 45.2 Å². The van der Waals surface area contributed by atoms with E-state index in [0.717, 1.165) is 17.5 Å². The molecular formula is C17H23N3O3S. The lowest BCUT2D eigenvalue weighted by atomic mass is 10.2. The van der Waals surface area contributed by atoms with Crippen LogP contribution in [-0.4, -0.2) is 49.6 Å². The lowest BCUT2D eigenvalue weighted by Gasteiger charge is -2.24. The number of nitrogens with one attached hydrogen (secondary N) is 1. The molecule has 0 saturated carbocycles. The predicted octanol–water partition coefficient (Wildman–Crippen LogP) is 2.93. The number of amides is 1. The normalized spacial score (nSPS) is 19.6. The fourth-order valence-electron chi connectivity index (χ4n) is 2.79. The predicted molar refractivity (Wildman–Crippen MR) is 93.3 cm³/mol. The molecular weight excluding hydrogens is 326 g/mol. The Hall–Kier alpha value is -1.89. The molecule has 0 bridgehead atoms. The van der Waals surface area contributed by atoms with Crippen LogP contribution in [0, 0.1) is 5.92 Å². The Labute approximate surface area is 144 Å². The van der Waals surface area contributed by atoms with Gasteiger partial charge in [-0.3, -0.25) is 4.21 Å². The highest BCUT2D eigenvalue weighted by Gasteiger charge is 2.31. The minimum absolute atomic E-state index is 0.201. The summed E-state index contributed by atoms with van der Waals surface area (Å²) >= 11 is 0. The number of aromatic nitrogens is 2. The summed E-state index contributed by atoms with van der Waals surface area (Å²) < 4.78 is 18.0. The minimum atomic E-state index is -1.20. The lowest BCUT2D eigenvalue weighted by molar-refractivity contribution is 0.0289. The SMILES string of the molecule is CC(C)(C)OC(=O)N1CC[C@H](C[S@](=O)c2nc3ccccc3[nH]2)C1. The lowest BCUT2D eigenvalue weighted by Crippen LogP contribution is -2.35. The van der Waals surface area contributed by atoms with Crippen LogP contribution in [0.15, 0.2) is 29.4 Å². The average Bonchev–Trinajstić information content (AvgIpc) is 3.11. The van der Waals surface area contributed by atoms with Crippen molar-refractivity contribution in [3.63, 3.8) is 0 Å². The first kappa shape index (κ1) is 17.0. The van der Waals surface area contributed by atoms with Gasteiger partial charge in [0.1, 0.15) is 5.60 Å². The van der Waals surface area contributed by atoms with Gasteiger partial charge in [0.05, 0.1) is 21.8 Å². The van der Waals surface area contributed by atoms with Gasteiger partial charge in [0.15, 0.2) is 5.16 Å². The van der Waals surface area contributed by atoms with E-state index in [1.807, 2.05) is 45.0 Å². The van der Waals surface area contributed by atoms with Crippen LogP contribution in [0.1, 0.15) is 27.2 Å². The van der Waals surface area contributed by atoms with Gasteiger partial charge >= 0.3 is 6.09 Å². The number of rotatable bonds is 3. The number of ether oxygens (including phenoxy) is 1. The monoisotopic (exact) mass is 349 g/mol. The van der Waals surface area contributed by atoms with Crippen molar-refractivity contribution in [3.05, 3.63) is 24.3 Å². The molecule has 1 amide bonds. The van der Waals surface area contributed by atoms with E-state index < -0.39 is 16.4 Å². The first-order chi connectivity index (χ1) is 11.3. The number of H-pyrrole nitrogens is 1. The van der Waals surface area contributed by atoms with Crippen LogP contribution in [0.4, 0.5) is 4.79 Å². The van der Waals surface area contributed by atoms with Crippen molar-refractivity contribution in [1.82, 2.24) is 14.9 Å². The Kier molecular flexibility index (Phi) is 4.62. The molecule has 0 radical (unpaired) electrons. The summed E-state index contributed by atoms with van der Waals surface area (Å²) in [7, 11) is -1.20. The second kappa shape index (κ2) is 6.55. The molecule has 1 aliphatic rings. The highest BCUT2D eigenvalue weighted by Crippen LogP contribution is 2.22. The molecule has 0 unspecified atom stereocenters. The number of imidazole rings is 1. The average molecular weight is 349 g/mol. The largest absolute Gasteiger partial charge is 0.444 e. The van der Waals surface area contributed by atoms with Crippen molar-refractivity contribution in [1.29, 1.82) is 0 Å². The number of fused-ring (bicyclic) bond motifs is 1. The first-order valence-corrected chi connectivity index (χ1v) is 9.45. The van der Waals surface area contributed by atoms with E-state index in [1.165, 1.54) is 0 Å². The number of para-hydroxylation sites is 2. The van der Waals surface area contributed by atoms with E-state index in [-0.39, 0.29) is 12.0 Å². The number of benzene rings is 1. The third kappa shape index (κ3) is 3.95. The molecule has 2 atom stereocenters. The molecule has 24 heavy (non-hydrogen) atoms. The molecule has 1 fully saturated rings. The van der Waals surface area contributed by atoms with Crippen LogP contribution in [-0.2, 0) is 15.5 Å². The summed E-state index contributed by atoms with van der Waals surface area (Å²) in [6.07, 6.45) is 0.546. The van der Waals surface area contributed by atoms with Crippen molar-refractivity contribution in [2.45, 2.75) is 37.9 Å². The minimum Gasteiger partial charge on any atom is -0.444 e. The number of aromatic amines is 1. The molecule has 1 aromatic heterocycles. The molecule has 1 aromatic carbocycles. The summed E-state index contributed by atoms with van der Waals surface area (Å²) in [5, 5.41) is 0.506. The number of likely N-dealkylation sites (tertiary alicyclic amines) is 1. The number of hydrogen-bond donors (Lipinski definition) is 1. The van der Waals surface area contributed by atoms with E-state index in [0.29, 0.717) is 24.0 Å². The van der Waals surface area contributed by atoms with Gasteiger partial charge in [0.2, 0.25) is 0 Å². The van der Waals surface area contributed by atoms with E-state index in [9.17, 15) is 9.00 Å². The fourth-order valence-corrected chi connectivity index (χ4v) is 4.07. The zero-order chi connectivity index (χ0) is 17.3. The standard InChI is InChI=1S/C17H23N3O3S/c1-17(2,3)23-16(21)20-9-8-12(10-20)11-24(22)15-18-13-6-4-5-7-14(13)19-15/h4-7,12H,8-11H2,1-3H3,(H,18,19)/t12-,24-/m0/s1. The Morgan fingerprint density at radius 1 is 1.42 bits per heavy atom. The Balaban J connectivity index is 1.59. The highest BCUT2D eigenvalue weighted by molar-refractivity contribution is 7.84. The summed E-state index contributed by atoms with van der Waals surface area (Å²) in [4.78, 5) is 21.3. The Morgan fingerprint density at radius 2 is 2.17 bits per heavy atom. The van der Waals surface area contributed by atoms with Gasteiger partial charge in [-0.25, -0.2) is 9.78 Å². The molecule has 1 N–H and O–H groups in total. The first-order valence-electron chi connectivity index (χ1n) is 8.13. The van der Waals surface area contributed by atoms with E-state index >= 15 is 0 Å². The Morgan fingerprint density at radius 3 is 2.88 bits per heavy atom. The van der Waals surface area contributed by atoms with Crippen LogP contribution in [0.2, 0.25) is 0 Å². The molecule has 1 saturated heterocycles. The maximum atomic E-state index is 12.6. The van der Waals surface area contributed by atoms with Gasteiger partial charge < -0.3 is 14.6 Å². The third-order valence-corrected chi connectivity index (χ3v) is 5.31. The number of carbonyl (C=O) groups is 1. The van der Waals surface area contributed by atoms with Crippen molar-refractivity contribution >= 4 is 27.9 Å². The van der Waals surface area contributed by atoms with Gasteiger partial charge in [-0.15, -0.1) is 0 Å². The van der Waals surface area contributed by atoms with E-state index in [2.05, 4.69) is 9.97 Å². The molecule has 0 aliphatic carbocycles. The van der Waals surface area contributed by atoms with Gasteiger partial charge in [0.25, 0.3) is 0 Å². The van der Waals surface area contributed by atoms with Gasteiger partial charge in [-0.2, -0.15) is 0 Å². The maximum Gasteiger partial charge on any atom is 0.410 e. The smallest absolute Gasteiger partial charge is 0.410 e. The summed E-state index contributed by atoms with van der Waals surface area (Å²) in [5.41, 5.74) is 1.22. The van der Waals surface area contributed by atoms with Crippen LogP contribution < -0.4 is 0 Å². The van der Waals surface area contributed by atoms with E-state index in [4.69, 9.17) is 4.74 Å². The number of carbonyl (C=O) groups excluding carboxylic acids is 1. The summed E-state index contributed by atoms with van der Waals surface area (Å²) in [6, 6.07) is 7.64. The number of hydrogen-bond acceptors (Lipinski definition) is 4. The Bertz CT molecular complexity index is 733. The van der Waals surface area contributed by atoms with Crippen molar-refractivity contribution in [2.75, 3.05) is 18.8 Å². The van der Waals surface area contributed by atoms with Crippen LogP contribution in [0.3, 0.4) is 0 Å². The summed E-state index contributed by atoms with van der Waals surface area (Å²) in [5.74, 6) is 0.700. The van der Waals surface area contributed by atoms with E-state index in [1.54, 1.807) is 4.90 Å². The topological polar surface area (TPSA) is 75.3 Å². The maximum absolute atomic E-state index is 12.6. The van der Waals surface area contributed by atoms with Crippen LogP contribution >= 0.6 is 0 Å².